The van der Waals surface area contributed by atoms with Crippen LogP contribution in [-0.2, 0) is 16.0 Å². The van der Waals surface area contributed by atoms with Gasteiger partial charge in [0, 0.05) is 13.5 Å². The van der Waals surface area contributed by atoms with Gasteiger partial charge in [0.1, 0.15) is 11.8 Å². The molecular formula is C27H36Cl2N2O6Si. The molecule has 0 aliphatic carbocycles. The number of benzene rings is 2. The second kappa shape index (κ2) is 13.0. The largest absolute Gasteiger partial charge is 0.543 e. The highest BCUT2D eigenvalue weighted by atomic mass is 35.5. The number of rotatable bonds is 11. The molecule has 8 nitrogen and oxygen atoms in total. The van der Waals surface area contributed by atoms with Crippen LogP contribution in [-0.4, -0.2) is 48.9 Å². The summed E-state index contributed by atoms with van der Waals surface area (Å²) in [6.45, 7) is 11.8. The van der Waals surface area contributed by atoms with Crippen molar-refractivity contribution in [2.24, 2.45) is 0 Å². The number of carboxylic acid groups (broad SMARTS) is 1. The van der Waals surface area contributed by atoms with Crippen LogP contribution in [0.2, 0.25) is 28.2 Å². The van der Waals surface area contributed by atoms with Gasteiger partial charge in [0.25, 0.3) is 5.91 Å². The van der Waals surface area contributed by atoms with Crippen LogP contribution >= 0.6 is 23.2 Å². The summed E-state index contributed by atoms with van der Waals surface area (Å²) in [6, 6.07) is 9.23. The molecule has 0 fully saturated rings. The molecule has 2 aromatic carbocycles. The van der Waals surface area contributed by atoms with Crippen molar-refractivity contribution < 1.29 is 29.0 Å². The molecule has 0 heterocycles. The minimum Gasteiger partial charge on any atom is -0.543 e. The van der Waals surface area contributed by atoms with Gasteiger partial charge in [-0.15, -0.1) is 0 Å². The molecule has 38 heavy (non-hydrogen) atoms. The lowest BCUT2D eigenvalue weighted by atomic mass is 10.00. The van der Waals surface area contributed by atoms with Gasteiger partial charge in [0.2, 0.25) is 14.2 Å². The first kappa shape index (κ1) is 31.6. The summed E-state index contributed by atoms with van der Waals surface area (Å²) < 4.78 is 6.35. The van der Waals surface area contributed by atoms with Crippen molar-refractivity contribution >= 4 is 49.3 Å². The summed E-state index contributed by atoms with van der Waals surface area (Å²) in [5.74, 6) is -1.79. The van der Waals surface area contributed by atoms with Gasteiger partial charge in [-0.25, -0.2) is 4.79 Å². The number of aliphatic hydroxyl groups excluding tert-OH is 1. The Kier molecular flexibility index (Phi) is 10.8. The molecule has 0 bridgehead atoms. The predicted molar refractivity (Wildman–Crippen MR) is 152 cm³/mol. The average Bonchev–Trinajstić information content (AvgIpc) is 2.78. The van der Waals surface area contributed by atoms with Crippen LogP contribution in [0.1, 0.15) is 61.7 Å². The Balaban J connectivity index is 2.10. The number of halogens is 2. The van der Waals surface area contributed by atoms with Crippen molar-refractivity contribution in [1.82, 2.24) is 10.6 Å². The number of carboxylic acids is 1. The zero-order valence-corrected chi connectivity index (χ0v) is 25.0. The summed E-state index contributed by atoms with van der Waals surface area (Å²) in [5, 5.41) is 25.0. The van der Waals surface area contributed by atoms with Crippen molar-refractivity contribution in [1.29, 1.82) is 0 Å². The quantitative estimate of drug-likeness (QED) is 0.264. The molecule has 0 aromatic heterocycles. The Labute approximate surface area is 234 Å². The third kappa shape index (κ3) is 8.73. The molecule has 2 atom stereocenters. The van der Waals surface area contributed by atoms with Crippen molar-refractivity contribution in [3.05, 3.63) is 63.1 Å². The third-order valence-electron chi connectivity index (χ3n) is 6.62. The number of hydrogen-bond donors (Lipinski definition) is 4. The maximum Gasteiger partial charge on any atom is 0.328 e. The van der Waals surface area contributed by atoms with E-state index in [1.165, 1.54) is 6.92 Å². The minimum atomic E-state index is -2.02. The highest BCUT2D eigenvalue weighted by molar-refractivity contribution is 6.74. The van der Waals surface area contributed by atoms with E-state index in [4.69, 9.17) is 27.6 Å². The molecule has 0 saturated carbocycles. The molecular weight excluding hydrogens is 547 g/mol. The molecule has 0 aliphatic heterocycles. The van der Waals surface area contributed by atoms with Gasteiger partial charge in [-0.1, -0.05) is 56.1 Å². The minimum absolute atomic E-state index is 0.0448. The number of carbonyl (C=O) groups is 3. The van der Waals surface area contributed by atoms with Crippen molar-refractivity contribution in [3.63, 3.8) is 0 Å². The molecule has 1 unspecified atom stereocenters. The first-order chi connectivity index (χ1) is 17.5. The van der Waals surface area contributed by atoms with Gasteiger partial charge in [0.15, 0.2) is 0 Å². The SMILES string of the molecule is CC(=O)NC[C@H](NC(=O)c1c(Cl)cc(CCC(O)c2cccc(O[Si](C)(C)C(C)(C)C)c2)cc1Cl)C(=O)O. The van der Waals surface area contributed by atoms with E-state index in [1.807, 2.05) is 24.3 Å². The number of amides is 2. The second-order valence-corrected chi connectivity index (χ2v) is 16.3. The van der Waals surface area contributed by atoms with Crippen LogP contribution in [0.25, 0.3) is 0 Å². The van der Waals surface area contributed by atoms with E-state index in [2.05, 4.69) is 44.5 Å². The van der Waals surface area contributed by atoms with Crippen molar-refractivity contribution in [2.75, 3.05) is 6.54 Å². The molecule has 2 rings (SSSR count). The van der Waals surface area contributed by atoms with Gasteiger partial charge in [-0.3, -0.25) is 9.59 Å². The Hall–Kier alpha value is -2.59. The molecule has 0 radical (unpaired) electrons. The van der Waals surface area contributed by atoms with E-state index in [-0.39, 0.29) is 27.2 Å². The van der Waals surface area contributed by atoms with Crippen molar-refractivity contribution in [3.8, 4) is 5.75 Å². The Morgan fingerprint density at radius 2 is 1.68 bits per heavy atom. The standard InChI is InChI=1S/C27H36Cl2N2O6Si/c1-16(32)30-15-22(26(35)36)31-25(34)24-20(28)12-17(13-21(24)29)10-11-23(33)18-8-7-9-19(14-18)37-38(5,6)27(2,3)4/h7-9,12-14,22-23,33H,10-11,15H2,1-6H3,(H,30,32)(H,31,34)(H,35,36)/t22-,23?/m0/s1. The molecule has 2 aromatic rings. The van der Waals surface area contributed by atoms with Crippen molar-refractivity contribution in [2.45, 2.75) is 70.8 Å². The van der Waals surface area contributed by atoms with Crippen LogP contribution in [0.5, 0.6) is 5.75 Å². The lowest BCUT2D eigenvalue weighted by Crippen LogP contribution is -2.48. The molecule has 11 heteroatoms. The molecule has 0 aliphatic rings. The number of aliphatic hydroxyl groups is 1. The first-order valence-electron chi connectivity index (χ1n) is 12.2. The maximum absolute atomic E-state index is 12.7. The van der Waals surface area contributed by atoms with E-state index >= 15 is 0 Å². The van der Waals surface area contributed by atoms with Gasteiger partial charge in [0.05, 0.1) is 21.7 Å². The average molecular weight is 584 g/mol. The second-order valence-electron chi connectivity index (χ2n) is 10.7. The van der Waals surface area contributed by atoms with Crippen LogP contribution in [0.4, 0.5) is 0 Å². The Bertz CT molecular complexity index is 1160. The summed E-state index contributed by atoms with van der Waals surface area (Å²) >= 11 is 12.7. The van der Waals surface area contributed by atoms with E-state index in [9.17, 15) is 24.6 Å². The van der Waals surface area contributed by atoms with Gasteiger partial charge in [-0.05, 0) is 66.4 Å². The molecule has 4 N–H and O–H groups in total. The predicted octanol–water partition coefficient (Wildman–Crippen LogP) is 5.36. The number of hydrogen-bond acceptors (Lipinski definition) is 5. The maximum atomic E-state index is 12.7. The smallest absolute Gasteiger partial charge is 0.328 e. The van der Waals surface area contributed by atoms with E-state index in [1.54, 1.807) is 12.1 Å². The van der Waals surface area contributed by atoms with Crippen LogP contribution < -0.4 is 15.1 Å². The monoisotopic (exact) mass is 582 g/mol. The van der Waals surface area contributed by atoms with Gasteiger partial charge < -0.3 is 25.3 Å². The highest BCUT2D eigenvalue weighted by Gasteiger charge is 2.39. The van der Waals surface area contributed by atoms with Gasteiger partial charge >= 0.3 is 5.97 Å². The normalized spacial score (nSPS) is 13.4. The first-order valence-corrected chi connectivity index (χ1v) is 15.9. The van der Waals surface area contributed by atoms with E-state index < -0.39 is 38.2 Å². The lowest BCUT2D eigenvalue weighted by molar-refractivity contribution is -0.139. The van der Waals surface area contributed by atoms with E-state index in [0.717, 1.165) is 11.3 Å². The topological polar surface area (TPSA) is 125 Å². The summed E-state index contributed by atoms with van der Waals surface area (Å²) in [4.78, 5) is 35.2. The third-order valence-corrected chi connectivity index (χ3v) is 11.6. The number of aryl methyl sites for hydroxylation is 1. The number of nitrogens with one attached hydrogen (secondary N) is 2. The lowest BCUT2D eigenvalue weighted by Gasteiger charge is -2.36. The molecule has 0 spiro atoms. The fourth-order valence-electron chi connectivity index (χ4n) is 3.37. The van der Waals surface area contributed by atoms with Crippen LogP contribution in [0, 0.1) is 0 Å². The Morgan fingerprint density at radius 3 is 2.21 bits per heavy atom. The summed E-state index contributed by atoms with van der Waals surface area (Å²) in [6.07, 6.45) is 0.0407. The van der Waals surface area contributed by atoms with E-state index in [0.29, 0.717) is 18.4 Å². The zero-order valence-electron chi connectivity index (χ0n) is 22.5. The van der Waals surface area contributed by atoms with Crippen LogP contribution in [0.3, 0.4) is 0 Å². The molecule has 208 valence electrons. The van der Waals surface area contributed by atoms with Crippen LogP contribution in [0.15, 0.2) is 36.4 Å². The van der Waals surface area contributed by atoms with Gasteiger partial charge in [-0.2, -0.15) is 0 Å². The Morgan fingerprint density at radius 1 is 1.08 bits per heavy atom. The highest BCUT2D eigenvalue weighted by Crippen LogP contribution is 2.38. The number of carbonyl (C=O) groups excluding carboxylic acids is 2. The fourth-order valence-corrected chi connectivity index (χ4v) is 5.09. The zero-order chi connectivity index (χ0) is 28.8. The summed E-state index contributed by atoms with van der Waals surface area (Å²) in [5.41, 5.74) is 1.37. The number of aliphatic carboxylic acids is 1. The summed E-state index contributed by atoms with van der Waals surface area (Å²) in [7, 11) is -2.02. The molecule has 2 amide bonds. The molecule has 0 saturated heterocycles. The fraction of sp³-hybridized carbons (Fsp3) is 0.444.